The van der Waals surface area contributed by atoms with E-state index in [1.54, 1.807) is 6.07 Å². The van der Waals surface area contributed by atoms with Crippen molar-refractivity contribution in [2.45, 2.75) is 33.6 Å². The maximum absolute atomic E-state index is 8.51. The van der Waals surface area contributed by atoms with Gasteiger partial charge in [0.15, 0.2) is 11.4 Å². The van der Waals surface area contributed by atoms with Gasteiger partial charge in [-0.25, -0.2) is 4.85 Å². The van der Waals surface area contributed by atoms with Crippen LogP contribution in [0.3, 0.4) is 0 Å². The Morgan fingerprint density at radius 1 is 1.15 bits per heavy atom. The van der Waals surface area contributed by atoms with Crippen LogP contribution in [0.1, 0.15) is 39.3 Å². The normalized spacial score (nSPS) is 12.9. The van der Waals surface area contributed by atoms with Crippen LogP contribution in [0.25, 0.3) is 38.0 Å². The lowest BCUT2D eigenvalue weighted by atomic mass is 9.96. The molecule has 0 unspecified atom stereocenters. The number of hydrogen-bond acceptors (Lipinski definition) is 1. The standard InChI is InChI=1S/C24H23N2O/c1-14(2)17-11-16(4)26(6)21(12-17)23-15(3)7-9-19-20-13-18(25-5)8-10-22(20)27-24(19)23/h7-14H,1-4,6H3/q+1/i11D,14D. The number of aryl methyl sites for hydroxylation is 1. The first kappa shape index (κ1) is 15.0. The van der Waals surface area contributed by atoms with Crippen LogP contribution in [0.15, 0.2) is 46.9 Å². The fraction of sp³-hybridized carbons (Fsp3) is 0.250. The molecule has 3 nitrogen and oxygen atoms in total. The third-order valence-corrected chi connectivity index (χ3v) is 5.22. The number of pyridine rings is 1. The molecule has 4 rings (SSSR count). The lowest BCUT2D eigenvalue weighted by Gasteiger charge is -2.11. The second-order valence-electron chi connectivity index (χ2n) is 7.24. The van der Waals surface area contributed by atoms with Gasteiger partial charge in [0.05, 0.1) is 13.5 Å². The summed E-state index contributed by atoms with van der Waals surface area (Å²) in [6, 6.07) is 11.9. The molecule has 0 amide bonds. The van der Waals surface area contributed by atoms with Crippen molar-refractivity contribution in [2.75, 3.05) is 0 Å². The smallest absolute Gasteiger partial charge is 0.216 e. The zero-order valence-corrected chi connectivity index (χ0v) is 16.3. The molecule has 3 heteroatoms. The van der Waals surface area contributed by atoms with E-state index in [1.165, 1.54) is 0 Å². The van der Waals surface area contributed by atoms with Crippen LogP contribution < -0.4 is 4.57 Å². The van der Waals surface area contributed by atoms with E-state index >= 15 is 0 Å². The highest BCUT2D eigenvalue weighted by molar-refractivity contribution is 6.10. The lowest BCUT2D eigenvalue weighted by molar-refractivity contribution is -0.666. The highest BCUT2D eigenvalue weighted by atomic mass is 16.3. The largest absolute Gasteiger partial charge is 0.455 e. The van der Waals surface area contributed by atoms with Gasteiger partial charge in [-0.2, -0.15) is 4.57 Å². The Kier molecular flexibility index (Phi) is 3.47. The molecule has 4 aromatic rings. The molecule has 27 heavy (non-hydrogen) atoms. The molecule has 0 saturated carbocycles. The summed E-state index contributed by atoms with van der Waals surface area (Å²) in [4.78, 5) is 3.54. The maximum atomic E-state index is 8.51. The highest BCUT2D eigenvalue weighted by Crippen LogP contribution is 2.38. The van der Waals surface area contributed by atoms with Gasteiger partial charge in [-0.1, -0.05) is 32.0 Å². The van der Waals surface area contributed by atoms with Gasteiger partial charge in [-0.15, -0.1) is 0 Å². The minimum atomic E-state index is -0.884. The van der Waals surface area contributed by atoms with Crippen LogP contribution in [0, 0.1) is 20.4 Å². The summed E-state index contributed by atoms with van der Waals surface area (Å²) in [5.74, 6) is -0.884. The summed E-state index contributed by atoms with van der Waals surface area (Å²) < 4.78 is 25.3. The molecular weight excluding hydrogens is 332 g/mol. The van der Waals surface area contributed by atoms with Gasteiger partial charge in [0.2, 0.25) is 5.69 Å². The van der Waals surface area contributed by atoms with Gasteiger partial charge in [0.1, 0.15) is 18.2 Å². The van der Waals surface area contributed by atoms with Crippen molar-refractivity contribution in [3.63, 3.8) is 0 Å². The van der Waals surface area contributed by atoms with Crippen molar-refractivity contribution in [3.8, 4) is 11.3 Å². The Bertz CT molecular complexity index is 1340. The van der Waals surface area contributed by atoms with E-state index in [1.807, 2.05) is 63.6 Å². The van der Waals surface area contributed by atoms with Gasteiger partial charge in [0, 0.05) is 31.2 Å². The average Bonchev–Trinajstić information content (AvgIpc) is 3.03. The van der Waals surface area contributed by atoms with Gasteiger partial charge in [-0.05, 0) is 36.1 Å². The number of rotatable bonds is 2. The Balaban J connectivity index is 2.13. The third kappa shape index (κ3) is 2.69. The fourth-order valence-corrected chi connectivity index (χ4v) is 3.55. The number of hydrogen-bond donors (Lipinski definition) is 0. The number of benzene rings is 2. The zero-order valence-electron chi connectivity index (χ0n) is 18.3. The molecule has 0 spiro atoms. The first-order chi connectivity index (χ1) is 13.6. The lowest BCUT2D eigenvalue weighted by Crippen LogP contribution is -2.35. The molecular formula is C24H23N2O+. The molecule has 0 bridgehead atoms. The second-order valence-corrected chi connectivity index (χ2v) is 7.24. The molecule has 2 heterocycles. The van der Waals surface area contributed by atoms with Crippen LogP contribution in [0.5, 0.6) is 0 Å². The first-order valence-corrected chi connectivity index (χ1v) is 8.98. The van der Waals surface area contributed by atoms with Gasteiger partial charge in [-0.3, -0.25) is 0 Å². The van der Waals surface area contributed by atoms with Crippen LogP contribution in [-0.4, -0.2) is 0 Å². The summed E-state index contributed by atoms with van der Waals surface area (Å²) in [5.41, 5.74) is 6.52. The predicted octanol–water partition coefficient (Wildman–Crippen LogP) is 6.37. The van der Waals surface area contributed by atoms with Crippen molar-refractivity contribution in [1.82, 2.24) is 0 Å². The van der Waals surface area contributed by atoms with Crippen LogP contribution >= 0.6 is 0 Å². The molecule has 0 radical (unpaired) electrons. The van der Waals surface area contributed by atoms with Crippen molar-refractivity contribution in [1.29, 1.82) is 0 Å². The van der Waals surface area contributed by atoms with E-state index < -0.39 is 5.89 Å². The molecule has 0 atom stereocenters. The average molecular weight is 357 g/mol. The predicted molar refractivity (Wildman–Crippen MR) is 110 cm³/mol. The number of fused-ring (bicyclic) bond motifs is 3. The minimum absolute atomic E-state index is 0.396. The van der Waals surface area contributed by atoms with Gasteiger partial charge < -0.3 is 4.42 Å². The first-order valence-electron chi connectivity index (χ1n) is 9.98. The van der Waals surface area contributed by atoms with E-state index in [9.17, 15) is 0 Å². The number of furan rings is 1. The van der Waals surface area contributed by atoms with E-state index in [-0.39, 0.29) is 0 Å². The molecule has 0 N–H and O–H groups in total. The molecule has 0 fully saturated rings. The number of nitrogens with zero attached hydrogens (tertiary/aromatic N) is 2. The monoisotopic (exact) mass is 357 g/mol. The Labute approximate surface area is 162 Å². The SMILES string of the molecule is [2H]c1c(C([2H])(C)C)cc(-c2c(C)ccc3c2oc2ccc([N+]#[C-])cc23)[n+](C)c1C. The molecule has 2 aromatic carbocycles. The molecule has 0 aliphatic rings. The minimum Gasteiger partial charge on any atom is -0.455 e. The van der Waals surface area contributed by atoms with Crippen molar-refractivity contribution < 1.29 is 11.7 Å². The van der Waals surface area contributed by atoms with E-state index in [4.69, 9.17) is 13.7 Å². The van der Waals surface area contributed by atoms with Gasteiger partial charge >= 0.3 is 0 Å². The molecule has 2 aromatic heterocycles. The van der Waals surface area contributed by atoms with E-state index in [0.717, 1.165) is 44.5 Å². The molecule has 0 aliphatic heterocycles. The van der Waals surface area contributed by atoms with E-state index in [0.29, 0.717) is 17.3 Å². The van der Waals surface area contributed by atoms with Crippen LogP contribution in [-0.2, 0) is 7.05 Å². The molecule has 0 saturated heterocycles. The van der Waals surface area contributed by atoms with Gasteiger partial charge in [0.25, 0.3) is 0 Å². The summed E-state index contributed by atoms with van der Waals surface area (Å²) >= 11 is 0. The summed E-state index contributed by atoms with van der Waals surface area (Å²) in [6.45, 7) is 14.9. The topological polar surface area (TPSA) is 21.4 Å². The van der Waals surface area contributed by atoms with Crippen molar-refractivity contribution in [3.05, 3.63) is 70.7 Å². The Hall–Kier alpha value is -3.12. The highest BCUT2D eigenvalue weighted by Gasteiger charge is 2.23. The Morgan fingerprint density at radius 2 is 1.93 bits per heavy atom. The number of aromatic nitrogens is 1. The van der Waals surface area contributed by atoms with Crippen LogP contribution in [0.4, 0.5) is 5.69 Å². The quantitative estimate of drug-likeness (QED) is 0.302. The molecule has 0 aliphatic carbocycles. The summed E-state index contributed by atoms with van der Waals surface area (Å²) in [7, 11) is 1.95. The van der Waals surface area contributed by atoms with Crippen molar-refractivity contribution in [2.24, 2.45) is 7.05 Å². The maximum Gasteiger partial charge on any atom is 0.216 e. The fourth-order valence-electron chi connectivity index (χ4n) is 3.55. The Morgan fingerprint density at radius 3 is 2.63 bits per heavy atom. The van der Waals surface area contributed by atoms with E-state index in [2.05, 4.69) is 10.9 Å². The molecule has 134 valence electrons. The van der Waals surface area contributed by atoms with Crippen LogP contribution in [0.2, 0.25) is 0 Å². The third-order valence-electron chi connectivity index (χ3n) is 5.22. The zero-order chi connectivity index (χ0) is 21.1. The van der Waals surface area contributed by atoms with Crippen molar-refractivity contribution >= 4 is 27.6 Å². The summed E-state index contributed by atoms with van der Waals surface area (Å²) in [6.07, 6.45) is 0. The summed E-state index contributed by atoms with van der Waals surface area (Å²) in [5, 5.41) is 1.89. The second kappa shape index (κ2) is 6.25.